The van der Waals surface area contributed by atoms with Gasteiger partial charge in [0, 0.05) is 11.0 Å². The minimum absolute atomic E-state index is 0. The van der Waals surface area contributed by atoms with E-state index in [2.05, 4.69) is 0 Å². The van der Waals surface area contributed by atoms with Crippen LogP contribution in [0.3, 0.4) is 0 Å². The highest BCUT2D eigenvalue weighted by Gasteiger charge is 2.20. The van der Waals surface area contributed by atoms with Crippen molar-refractivity contribution in [1.82, 2.24) is 0 Å². The molecule has 15 heavy (non-hydrogen) atoms. The number of ether oxygens (including phenoxy) is 1. The normalized spacial score (nSPS) is 18.3. The largest absolute Gasteiger partial charge is 0.465 e. The van der Waals surface area contributed by atoms with Crippen LogP contribution in [0.5, 0.6) is 0 Å². The average molecular weight is 254 g/mol. The Morgan fingerprint density at radius 3 is 2.67 bits per heavy atom. The van der Waals surface area contributed by atoms with Crippen molar-refractivity contribution in [2.24, 2.45) is 5.73 Å². The number of hydrogen-bond donors (Lipinski definition) is 1. The monoisotopic (exact) mass is 253 g/mol. The fraction of sp³-hybridized carbons (Fsp3) is 0.900. The van der Waals surface area contributed by atoms with Crippen LogP contribution in [0.4, 0.5) is 0 Å². The third-order valence-corrected chi connectivity index (χ3v) is 3.90. The quantitative estimate of drug-likeness (QED) is 0.762. The highest BCUT2D eigenvalue weighted by molar-refractivity contribution is 8.00. The summed E-state index contributed by atoms with van der Waals surface area (Å²) >= 11 is 1.82. The molecule has 0 aliphatic heterocycles. The van der Waals surface area contributed by atoms with E-state index >= 15 is 0 Å². The Kier molecular flexibility index (Phi) is 8.29. The van der Waals surface area contributed by atoms with Crippen LogP contribution in [0.1, 0.15) is 32.6 Å². The summed E-state index contributed by atoms with van der Waals surface area (Å²) in [6, 6.07) is -0.444. The van der Waals surface area contributed by atoms with Gasteiger partial charge in [-0.25, -0.2) is 0 Å². The Bertz CT molecular complexity index is 186. The van der Waals surface area contributed by atoms with Crippen LogP contribution in [0, 0.1) is 0 Å². The standard InChI is InChI=1S/C10H19NO2S.ClH/c1-2-13-10(12)9(11)7-14-8-5-3-4-6-8;/h8-9H,2-7,11H2,1H3;1H/t9-;/m0./s1. The topological polar surface area (TPSA) is 52.3 Å². The van der Waals surface area contributed by atoms with Crippen molar-refractivity contribution in [2.75, 3.05) is 12.4 Å². The van der Waals surface area contributed by atoms with Crippen molar-refractivity contribution in [3.8, 4) is 0 Å². The smallest absolute Gasteiger partial charge is 0.323 e. The number of carbonyl (C=O) groups excluding carboxylic acids is 1. The molecule has 0 aromatic heterocycles. The number of rotatable bonds is 5. The molecule has 0 saturated heterocycles. The highest BCUT2D eigenvalue weighted by Crippen LogP contribution is 2.29. The number of hydrogen-bond acceptors (Lipinski definition) is 4. The minimum Gasteiger partial charge on any atom is -0.465 e. The van der Waals surface area contributed by atoms with E-state index in [9.17, 15) is 4.79 Å². The van der Waals surface area contributed by atoms with E-state index < -0.39 is 6.04 Å². The predicted molar refractivity (Wildman–Crippen MR) is 66.6 cm³/mol. The molecule has 1 aliphatic carbocycles. The number of esters is 1. The van der Waals surface area contributed by atoms with Gasteiger partial charge in [0.25, 0.3) is 0 Å². The van der Waals surface area contributed by atoms with E-state index in [1.807, 2.05) is 11.8 Å². The minimum atomic E-state index is -0.444. The number of halogens is 1. The number of nitrogens with two attached hydrogens (primary N) is 1. The van der Waals surface area contributed by atoms with E-state index in [4.69, 9.17) is 10.5 Å². The van der Waals surface area contributed by atoms with Crippen molar-refractivity contribution in [3.63, 3.8) is 0 Å². The van der Waals surface area contributed by atoms with Gasteiger partial charge in [-0.3, -0.25) is 4.79 Å². The van der Waals surface area contributed by atoms with Gasteiger partial charge in [-0.05, 0) is 19.8 Å². The van der Waals surface area contributed by atoms with E-state index in [0.717, 1.165) is 5.25 Å². The molecule has 1 fully saturated rings. The van der Waals surface area contributed by atoms with Crippen LogP contribution in [0.15, 0.2) is 0 Å². The molecule has 1 aliphatic rings. The molecule has 90 valence electrons. The lowest BCUT2D eigenvalue weighted by Gasteiger charge is -2.13. The van der Waals surface area contributed by atoms with Crippen molar-refractivity contribution in [1.29, 1.82) is 0 Å². The maximum atomic E-state index is 11.2. The predicted octanol–water partition coefficient (Wildman–Crippen LogP) is 1.97. The highest BCUT2D eigenvalue weighted by atomic mass is 35.5. The summed E-state index contributed by atoms with van der Waals surface area (Å²) in [5, 5.41) is 0.718. The molecule has 0 bridgehead atoms. The van der Waals surface area contributed by atoms with Crippen molar-refractivity contribution >= 4 is 30.1 Å². The van der Waals surface area contributed by atoms with Crippen molar-refractivity contribution in [2.45, 2.75) is 43.9 Å². The zero-order valence-corrected chi connectivity index (χ0v) is 10.7. The van der Waals surface area contributed by atoms with E-state index in [0.29, 0.717) is 12.4 Å². The van der Waals surface area contributed by atoms with Crippen molar-refractivity contribution in [3.05, 3.63) is 0 Å². The molecule has 1 rings (SSSR count). The maximum absolute atomic E-state index is 11.2. The van der Waals surface area contributed by atoms with Crippen LogP contribution in [-0.2, 0) is 9.53 Å². The molecule has 0 amide bonds. The summed E-state index contributed by atoms with van der Waals surface area (Å²) < 4.78 is 4.84. The average Bonchev–Trinajstić information content (AvgIpc) is 2.67. The third kappa shape index (κ3) is 5.64. The first kappa shape index (κ1) is 15.1. The van der Waals surface area contributed by atoms with Crippen molar-refractivity contribution < 1.29 is 9.53 Å². The molecule has 2 N–H and O–H groups in total. The summed E-state index contributed by atoms with van der Waals surface area (Å²) in [4.78, 5) is 11.2. The van der Waals surface area contributed by atoms with Gasteiger partial charge >= 0.3 is 5.97 Å². The Morgan fingerprint density at radius 1 is 1.53 bits per heavy atom. The first-order valence-electron chi connectivity index (χ1n) is 5.28. The lowest BCUT2D eigenvalue weighted by molar-refractivity contribution is -0.144. The van der Waals surface area contributed by atoms with Gasteiger partial charge < -0.3 is 10.5 Å². The Hall–Kier alpha value is 0.0700. The van der Waals surface area contributed by atoms with E-state index in [1.54, 1.807) is 6.92 Å². The van der Waals surface area contributed by atoms with Crippen LogP contribution in [0.2, 0.25) is 0 Å². The summed E-state index contributed by atoms with van der Waals surface area (Å²) in [5.41, 5.74) is 5.69. The lowest BCUT2D eigenvalue weighted by atomic mass is 10.4. The van der Waals surface area contributed by atoms with Crippen LogP contribution < -0.4 is 5.73 Å². The van der Waals surface area contributed by atoms with Crippen LogP contribution in [-0.4, -0.2) is 29.6 Å². The van der Waals surface area contributed by atoms with Gasteiger partial charge in [-0.15, -0.1) is 12.4 Å². The summed E-state index contributed by atoms with van der Waals surface area (Å²) in [6.07, 6.45) is 5.21. The molecule has 0 unspecified atom stereocenters. The Labute approximate surface area is 102 Å². The molecule has 0 heterocycles. The number of thioether (sulfide) groups is 1. The summed E-state index contributed by atoms with van der Waals surface area (Å²) in [5.74, 6) is 0.432. The van der Waals surface area contributed by atoms with Gasteiger partial charge in [-0.1, -0.05) is 12.8 Å². The van der Waals surface area contributed by atoms with Crippen LogP contribution in [0.25, 0.3) is 0 Å². The zero-order valence-electron chi connectivity index (χ0n) is 9.11. The second-order valence-corrected chi connectivity index (χ2v) is 4.93. The first-order valence-corrected chi connectivity index (χ1v) is 6.32. The molecular formula is C10H20ClNO2S. The zero-order chi connectivity index (χ0) is 10.4. The SMILES string of the molecule is CCOC(=O)[C@@H](N)CSC1CCCC1.Cl. The van der Waals surface area contributed by atoms with Gasteiger partial charge in [0.2, 0.25) is 0 Å². The molecule has 1 saturated carbocycles. The molecule has 0 aromatic carbocycles. The molecular weight excluding hydrogens is 234 g/mol. The number of carbonyl (C=O) groups is 1. The van der Waals surface area contributed by atoms with Gasteiger partial charge in [-0.2, -0.15) is 11.8 Å². The Balaban J connectivity index is 0.00000196. The molecule has 0 spiro atoms. The summed E-state index contributed by atoms with van der Waals surface area (Å²) in [6.45, 7) is 2.22. The maximum Gasteiger partial charge on any atom is 0.323 e. The fourth-order valence-corrected chi connectivity index (χ4v) is 2.89. The van der Waals surface area contributed by atoms with Gasteiger partial charge in [0.1, 0.15) is 6.04 Å². The molecule has 1 atom stereocenters. The van der Waals surface area contributed by atoms with Gasteiger partial charge in [0.15, 0.2) is 0 Å². The first-order chi connectivity index (χ1) is 6.74. The molecule has 3 nitrogen and oxygen atoms in total. The second kappa shape index (κ2) is 8.25. The van der Waals surface area contributed by atoms with E-state index in [-0.39, 0.29) is 18.4 Å². The van der Waals surface area contributed by atoms with E-state index in [1.165, 1.54) is 25.7 Å². The molecule has 0 aromatic rings. The molecule has 5 heteroatoms. The van der Waals surface area contributed by atoms with Gasteiger partial charge in [0.05, 0.1) is 6.61 Å². The van der Waals surface area contributed by atoms with Crippen LogP contribution >= 0.6 is 24.2 Å². The lowest BCUT2D eigenvalue weighted by Crippen LogP contribution is -2.35. The molecule has 0 radical (unpaired) electrons. The second-order valence-electron chi connectivity index (χ2n) is 3.60. The third-order valence-electron chi connectivity index (χ3n) is 2.40. The summed E-state index contributed by atoms with van der Waals surface area (Å²) in [7, 11) is 0. The Morgan fingerprint density at radius 2 is 2.13 bits per heavy atom. The fourth-order valence-electron chi connectivity index (χ4n) is 1.61.